The zero-order chi connectivity index (χ0) is 16.9. The fourth-order valence-corrected chi connectivity index (χ4v) is 4.29. The van der Waals surface area contributed by atoms with Crippen LogP contribution in [0.1, 0.15) is 16.9 Å². The predicted octanol–water partition coefficient (Wildman–Crippen LogP) is 2.56. The van der Waals surface area contributed by atoms with Gasteiger partial charge < -0.3 is 5.32 Å². The SMILES string of the molecule is CNS(=O)(=O)c1ccc(CNC(=O)CCc2ccccc2Cl)s1. The number of carbonyl (C=O) groups is 1. The van der Waals surface area contributed by atoms with Gasteiger partial charge in [-0.05, 0) is 37.2 Å². The van der Waals surface area contributed by atoms with Crippen LogP contribution in [0.15, 0.2) is 40.6 Å². The van der Waals surface area contributed by atoms with Crippen molar-refractivity contribution in [2.24, 2.45) is 0 Å². The molecule has 0 fully saturated rings. The molecule has 0 atom stereocenters. The Morgan fingerprint density at radius 2 is 1.96 bits per heavy atom. The van der Waals surface area contributed by atoms with E-state index in [-0.39, 0.29) is 10.1 Å². The summed E-state index contributed by atoms with van der Waals surface area (Å²) in [5.74, 6) is -0.101. The molecule has 0 saturated heterocycles. The average molecular weight is 373 g/mol. The summed E-state index contributed by atoms with van der Waals surface area (Å²) in [6, 6.07) is 10.6. The highest BCUT2D eigenvalue weighted by molar-refractivity contribution is 7.91. The third-order valence-corrected chi connectivity index (χ3v) is 6.57. The molecule has 2 N–H and O–H groups in total. The minimum Gasteiger partial charge on any atom is -0.351 e. The first kappa shape index (κ1) is 17.9. The Bertz CT molecular complexity index is 788. The van der Waals surface area contributed by atoms with E-state index < -0.39 is 10.0 Å². The Morgan fingerprint density at radius 1 is 1.22 bits per heavy atom. The van der Waals surface area contributed by atoms with E-state index in [1.54, 1.807) is 12.1 Å². The highest BCUT2D eigenvalue weighted by atomic mass is 35.5. The van der Waals surface area contributed by atoms with Crippen LogP contribution in [-0.4, -0.2) is 21.4 Å². The molecule has 0 bridgehead atoms. The topological polar surface area (TPSA) is 75.3 Å². The maximum atomic E-state index is 11.9. The number of hydrogen-bond donors (Lipinski definition) is 2. The molecule has 2 rings (SSSR count). The van der Waals surface area contributed by atoms with Gasteiger partial charge in [0.2, 0.25) is 15.9 Å². The Morgan fingerprint density at radius 3 is 2.65 bits per heavy atom. The van der Waals surface area contributed by atoms with Gasteiger partial charge in [0.05, 0.1) is 6.54 Å². The number of carbonyl (C=O) groups excluding carboxylic acids is 1. The van der Waals surface area contributed by atoms with Crippen molar-refractivity contribution >= 4 is 38.9 Å². The van der Waals surface area contributed by atoms with Crippen LogP contribution in [-0.2, 0) is 27.8 Å². The number of hydrogen-bond acceptors (Lipinski definition) is 4. The summed E-state index contributed by atoms with van der Waals surface area (Å²) < 4.78 is 25.8. The van der Waals surface area contributed by atoms with Crippen LogP contribution in [0.3, 0.4) is 0 Å². The Labute approximate surface area is 144 Å². The molecule has 0 aliphatic rings. The van der Waals surface area contributed by atoms with Gasteiger partial charge in [-0.3, -0.25) is 4.79 Å². The quantitative estimate of drug-likeness (QED) is 0.784. The van der Waals surface area contributed by atoms with Crippen molar-refractivity contribution in [2.75, 3.05) is 7.05 Å². The number of amides is 1. The molecule has 5 nitrogen and oxygen atoms in total. The highest BCUT2D eigenvalue weighted by Gasteiger charge is 2.14. The first-order valence-electron chi connectivity index (χ1n) is 6.95. The normalized spacial score (nSPS) is 11.4. The Balaban J connectivity index is 1.84. The monoisotopic (exact) mass is 372 g/mol. The van der Waals surface area contributed by atoms with Crippen LogP contribution >= 0.6 is 22.9 Å². The summed E-state index contributed by atoms with van der Waals surface area (Å²) in [5, 5.41) is 3.44. The molecule has 1 amide bonds. The van der Waals surface area contributed by atoms with E-state index in [1.165, 1.54) is 13.1 Å². The van der Waals surface area contributed by atoms with Gasteiger partial charge in [-0.1, -0.05) is 29.8 Å². The molecule has 0 unspecified atom stereocenters. The van der Waals surface area contributed by atoms with E-state index in [4.69, 9.17) is 11.6 Å². The van der Waals surface area contributed by atoms with Crippen molar-refractivity contribution in [1.82, 2.24) is 10.0 Å². The molecule has 124 valence electrons. The summed E-state index contributed by atoms with van der Waals surface area (Å²) in [5.41, 5.74) is 0.933. The zero-order valence-electron chi connectivity index (χ0n) is 12.5. The molecule has 0 radical (unpaired) electrons. The van der Waals surface area contributed by atoms with Gasteiger partial charge in [0, 0.05) is 16.3 Å². The Hall–Kier alpha value is -1.41. The lowest BCUT2D eigenvalue weighted by atomic mass is 10.1. The van der Waals surface area contributed by atoms with Crippen LogP contribution < -0.4 is 10.0 Å². The molecular formula is C15H17ClN2O3S2. The first-order valence-corrected chi connectivity index (χ1v) is 9.62. The molecule has 0 aliphatic carbocycles. The molecule has 1 aromatic carbocycles. The smallest absolute Gasteiger partial charge is 0.249 e. The second-order valence-corrected chi connectivity index (χ2v) is 8.49. The third-order valence-electron chi connectivity index (χ3n) is 3.21. The van der Waals surface area contributed by atoms with Crippen LogP contribution in [0, 0.1) is 0 Å². The van der Waals surface area contributed by atoms with Gasteiger partial charge in [-0.2, -0.15) is 0 Å². The zero-order valence-corrected chi connectivity index (χ0v) is 14.9. The highest BCUT2D eigenvalue weighted by Crippen LogP contribution is 2.21. The van der Waals surface area contributed by atoms with Crippen LogP contribution in [0.2, 0.25) is 5.02 Å². The summed E-state index contributed by atoms with van der Waals surface area (Å²) in [4.78, 5) is 12.7. The molecule has 0 saturated carbocycles. The van der Waals surface area contributed by atoms with Gasteiger partial charge >= 0.3 is 0 Å². The van der Waals surface area contributed by atoms with Crippen LogP contribution in [0.5, 0.6) is 0 Å². The summed E-state index contributed by atoms with van der Waals surface area (Å²) in [6.45, 7) is 0.311. The average Bonchev–Trinajstić information content (AvgIpc) is 3.02. The molecule has 8 heteroatoms. The first-order chi connectivity index (χ1) is 10.9. The van der Waals surface area contributed by atoms with Gasteiger partial charge in [0.15, 0.2) is 0 Å². The molecular weight excluding hydrogens is 356 g/mol. The van der Waals surface area contributed by atoms with Crippen molar-refractivity contribution in [1.29, 1.82) is 0 Å². The van der Waals surface area contributed by atoms with E-state index in [1.807, 2.05) is 18.2 Å². The fourth-order valence-electron chi connectivity index (χ4n) is 1.92. The number of sulfonamides is 1. The second-order valence-electron chi connectivity index (χ2n) is 4.80. The van der Waals surface area contributed by atoms with E-state index in [2.05, 4.69) is 10.0 Å². The van der Waals surface area contributed by atoms with E-state index in [9.17, 15) is 13.2 Å². The second kappa shape index (κ2) is 7.92. The maximum absolute atomic E-state index is 11.9. The standard InChI is InChI=1S/C15H17ClN2O3S2/c1-17-23(20,21)15-9-7-12(22-15)10-18-14(19)8-6-11-4-2-3-5-13(11)16/h2-5,7,9,17H,6,8,10H2,1H3,(H,18,19). The lowest BCUT2D eigenvalue weighted by molar-refractivity contribution is -0.121. The van der Waals surface area contributed by atoms with E-state index >= 15 is 0 Å². The minimum absolute atomic E-state index is 0.101. The lowest BCUT2D eigenvalue weighted by Crippen LogP contribution is -2.22. The number of nitrogens with one attached hydrogen (secondary N) is 2. The third kappa shape index (κ3) is 5.04. The fraction of sp³-hybridized carbons (Fsp3) is 0.267. The summed E-state index contributed by atoms with van der Waals surface area (Å²) in [7, 11) is -2.06. The molecule has 1 aromatic heterocycles. The van der Waals surface area contributed by atoms with Gasteiger partial charge in [0.25, 0.3) is 0 Å². The Kier molecular flexibility index (Phi) is 6.17. The molecule has 0 spiro atoms. The summed E-state index contributed by atoms with van der Waals surface area (Å²) in [6.07, 6.45) is 0.895. The van der Waals surface area contributed by atoms with E-state index in [0.29, 0.717) is 24.4 Å². The number of benzene rings is 1. The lowest BCUT2D eigenvalue weighted by Gasteiger charge is -2.05. The van der Waals surface area contributed by atoms with Crippen LogP contribution in [0.4, 0.5) is 0 Å². The number of thiophene rings is 1. The number of rotatable bonds is 7. The molecule has 23 heavy (non-hydrogen) atoms. The van der Waals surface area contributed by atoms with Crippen molar-refractivity contribution in [3.05, 3.63) is 51.9 Å². The number of aryl methyl sites for hydroxylation is 1. The van der Waals surface area contributed by atoms with E-state index in [0.717, 1.165) is 21.8 Å². The largest absolute Gasteiger partial charge is 0.351 e. The van der Waals surface area contributed by atoms with Gasteiger partial charge in [0.1, 0.15) is 4.21 Å². The summed E-state index contributed by atoms with van der Waals surface area (Å²) >= 11 is 7.18. The van der Waals surface area contributed by atoms with Crippen molar-refractivity contribution in [3.63, 3.8) is 0 Å². The van der Waals surface area contributed by atoms with Crippen LogP contribution in [0.25, 0.3) is 0 Å². The van der Waals surface area contributed by atoms with Gasteiger partial charge in [-0.15, -0.1) is 11.3 Å². The molecule has 0 aliphatic heterocycles. The minimum atomic E-state index is -3.43. The molecule has 1 heterocycles. The predicted molar refractivity (Wildman–Crippen MR) is 92.2 cm³/mol. The molecule has 2 aromatic rings. The number of halogens is 1. The van der Waals surface area contributed by atoms with Crippen molar-refractivity contribution < 1.29 is 13.2 Å². The van der Waals surface area contributed by atoms with Crippen molar-refractivity contribution in [2.45, 2.75) is 23.6 Å². The van der Waals surface area contributed by atoms with Crippen molar-refractivity contribution in [3.8, 4) is 0 Å². The maximum Gasteiger partial charge on any atom is 0.249 e. The van der Waals surface area contributed by atoms with Gasteiger partial charge in [-0.25, -0.2) is 13.1 Å².